The Kier molecular flexibility index (Phi) is 26.3. The fourth-order valence-corrected chi connectivity index (χ4v) is 13.8. The maximum absolute atomic E-state index is 3.00. The summed E-state index contributed by atoms with van der Waals surface area (Å²) in [5, 5.41) is 0. The fraction of sp³-hybridized carbons (Fsp3) is 0.571. The molecule has 344 valence electrons. The van der Waals surface area contributed by atoms with Gasteiger partial charge in [-0.2, -0.15) is 18.7 Å². The normalized spacial score (nSPS) is 11.4. The summed E-state index contributed by atoms with van der Waals surface area (Å²) in [6, 6.07) is 38.7. The Balaban J connectivity index is 0.0000102. The third kappa shape index (κ3) is 16.3. The van der Waals surface area contributed by atoms with E-state index in [0.717, 1.165) is 26.2 Å². The molecule has 0 aromatic heterocycles. The van der Waals surface area contributed by atoms with E-state index in [9.17, 15) is 0 Å². The largest absolute Gasteiger partial charge is 1.00 e. The molecule has 4 rings (SSSR count). The van der Waals surface area contributed by atoms with Crippen molar-refractivity contribution >= 4 is 30.6 Å². The third-order valence-corrected chi connectivity index (χ3v) is 16.8. The van der Waals surface area contributed by atoms with Crippen molar-refractivity contribution in [1.29, 1.82) is 0 Å². The number of rotatable bonds is 32. The molecule has 0 heterocycles. The average molecular weight is 975 g/mol. The summed E-state index contributed by atoms with van der Waals surface area (Å²) in [5.74, 6) is 0. The van der Waals surface area contributed by atoms with Gasteiger partial charge in [0.05, 0.1) is 48.9 Å². The predicted octanol–water partition coefficient (Wildman–Crippen LogP) is 14.8. The molecule has 0 unspecified atom stereocenters. The number of anilines is 4. The van der Waals surface area contributed by atoms with Crippen LogP contribution in [0.25, 0.3) is 0 Å². The minimum atomic E-state index is -2.77. The Hall–Kier alpha value is -2.76. The van der Waals surface area contributed by atoms with Crippen LogP contribution in [0.4, 0.5) is 22.7 Å². The highest BCUT2D eigenvalue weighted by atomic mass is 127. The topological polar surface area (TPSA) is 13.0 Å². The van der Waals surface area contributed by atoms with Crippen LogP contribution in [0, 0.1) is 27.7 Å². The van der Waals surface area contributed by atoms with Gasteiger partial charge in [-0.05, 0) is 102 Å². The van der Waals surface area contributed by atoms with E-state index in [4.69, 9.17) is 0 Å². The van der Waals surface area contributed by atoms with Crippen molar-refractivity contribution < 1.29 is 24.0 Å². The molecule has 0 aliphatic rings. The van der Waals surface area contributed by atoms with Crippen LogP contribution in [-0.2, 0) is 0 Å². The van der Waals surface area contributed by atoms with Gasteiger partial charge in [0.25, 0.3) is 0 Å². The number of hydrogen-bond acceptors (Lipinski definition) is 4. The molecule has 0 bridgehead atoms. The van der Waals surface area contributed by atoms with Gasteiger partial charge in [-0.15, -0.1) is 0 Å². The van der Waals surface area contributed by atoms with Gasteiger partial charge in [-0.1, -0.05) is 201 Å². The summed E-state index contributed by atoms with van der Waals surface area (Å²) < 4.78 is 12.0. The quantitative estimate of drug-likeness (QED) is 0.0275. The Morgan fingerprint density at radius 2 is 0.452 bits per heavy atom. The first-order valence-electron chi connectivity index (χ1n) is 25.1. The number of unbranched alkanes of at least 4 members (excludes halogenated alkanes) is 16. The highest BCUT2D eigenvalue weighted by Gasteiger charge is 2.63. The molecule has 4 aromatic carbocycles. The van der Waals surface area contributed by atoms with Gasteiger partial charge in [-0.25, -0.2) is 0 Å². The third-order valence-electron chi connectivity index (χ3n) is 12.5. The number of hydrogen-bond donors (Lipinski definition) is 0. The van der Waals surface area contributed by atoms with Crippen LogP contribution in [0.5, 0.6) is 0 Å². The Morgan fingerprint density at radius 1 is 0.274 bits per heavy atom. The van der Waals surface area contributed by atoms with Crippen LogP contribution in [0.3, 0.4) is 0 Å². The van der Waals surface area contributed by atoms with E-state index in [2.05, 4.69) is 171 Å². The zero-order valence-corrected chi connectivity index (χ0v) is 43.9. The molecule has 4 aromatic rings. The maximum Gasteiger partial charge on any atom is 0.405 e. The van der Waals surface area contributed by atoms with E-state index >= 15 is 0 Å². The average Bonchev–Trinajstić information content (AvgIpc) is 3.27. The van der Waals surface area contributed by atoms with Crippen molar-refractivity contribution in [3.05, 3.63) is 119 Å². The highest BCUT2D eigenvalue weighted by Crippen LogP contribution is 2.74. The molecule has 0 N–H and O–H groups in total. The molecule has 0 saturated heterocycles. The van der Waals surface area contributed by atoms with Crippen LogP contribution >= 0.6 is 7.87 Å². The number of aryl methyl sites for hydroxylation is 4. The van der Waals surface area contributed by atoms with E-state index < -0.39 is 7.87 Å². The summed E-state index contributed by atoms with van der Waals surface area (Å²) in [5.41, 5.74) is 10.7. The van der Waals surface area contributed by atoms with E-state index in [-0.39, 0.29) is 24.0 Å². The van der Waals surface area contributed by atoms with Crippen LogP contribution in [0.1, 0.15) is 178 Å². The van der Waals surface area contributed by atoms with Crippen LogP contribution in [0.15, 0.2) is 97.1 Å². The number of halogens is 1. The van der Waals surface area contributed by atoms with E-state index in [0.29, 0.717) is 0 Å². The van der Waals surface area contributed by atoms with Gasteiger partial charge < -0.3 is 24.0 Å². The first kappa shape index (κ1) is 53.6. The molecular weight excluding hydrogens is 887 g/mol. The van der Waals surface area contributed by atoms with Gasteiger partial charge in [0.1, 0.15) is 0 Å². The summed E-state index contributed by atoms with van der Waals surface area (Å²) in [7, 11) is -2.77. The molecule has 0 aliphatic carbocycles. The molecule has 0 atom stereocenters. The molecule has 4 nitrogen and oxygen atoms in total. The zero-order valence-electron chi connectivity index (χ0n) is 40.8. The summed E-state index contributed by atoms with van der Waals surface area (Å²) in [4.78, 5) is 0. The second kappa shape index (κ2) is 30.4. The maximum atomic E-state index is 3.00. The van der Waals surface area contributed by atoms with Gasteiger partial charge in [-0.3, -0.25) is 0 Å². The fourth-order valence-electron chi connectivity index (χ4n) is 8.78. The van der Waals surface area contributed by atoms with Crippen molar-refractivity contribution in [1.82, 2.24) is 0 Å². The molecule has 0 spiro atoms. The Labute approximate surface area is 400 Å². The molecular formula is C56H88IN4P. The Morgan fingerprint density at radius 3 is 0.629 bits per heavy atom. The monoisotopic (exact) mass is 975 g/mol. The van der Waals surface area contributed by atoms with Gasteiger partial charge >= 0.3 is 7.87 Å². The first-order valence-corrected chi connectivity index (χ1v) is 26.7. The van der Waals surface area contributed by atoms with Crippen LogP contribution in [-0.4, -0.2) is 26.2 Å². The highest BCUT2D eigenvalue weighted by molar-refractivity contribution is 7.81. The zero-order chi connectivity index (χ0) is 43.7. The SMILES string of the molecule is CCCCCCCN(c1ccc(C)cc1)[P+](N(CCCCCCC)c1ccc(C)cc1)(N(CCCCCCC)c1ccc(C)cc1)N(CCCCCCC)c1ccc(C)cc1.[I-]. The lowest BCUT2D eigenvalue weighted by Crippen LogP contribution is -3.00. The molecule has 62 heavy (non-hydrogen) atoms. The predicted molar refractivity (Wildman–Crippen MR) is 276 cm³/mol. The lowest BCUT2D eigenvalue weighted by atomic mass is 10.1. The molecule has 0 fully saturated rings. The molecule has 6 heteroatoms. The van der Waals surface area contributed by atoms with Crippen molar-refractivity contribution in [3.8, 4) is 0 Å². The second-order valence-electron chi connectivity index (χ2n) is 18.0. The van der Waals surface area contributed by atoms with Gasteiger partial charge in [0.2, 0.25) is 0 Å². The summed E-state index contributed by atoms with van der Waals surface area (Å²) in [6.45, 7) is 22.4. The van der Waals surface area contributed by atoms with E-state index in [1.54, 1.807) is 0 Å². The first-order chi connectivity index (χ1) is 29.8. The van der Waals surface area contributed by atoms with Gasteiger partial charge in [0, 0.05) is 0 Å². The van der Waals surface area contributed by atoms with Crippen molar-refractivity contribution in [2.75, 3.05) is 44.9 Å². The van der Waals surface area contributed by atoms with E-state index in [1.807, 2.05) is 0 Å². The van der Waals surface area contributed by atoms with Crippen molar-refractivity contribution in [2.45, 2.75) is 184 Å². The lowest BCUT2D eigenvalue weighted by Gasteiger charge is -2.53. The van der Waals surface area contributed by atoms with Crippen molar-refractivity contribution in [3.63, 3.8) is 0 Å². The molecule has 0 aliphatic heterocycles. The molecule has 0 saturated carbocycles. The van der Waals surface area contributed by atoms with Crippen LogP contribution in [0.2, 0.25) is 0 Å². The Bertz CT molecular complexity index is 1450. The van der Waals surface area contributed by atoms with E-state index in [1.165, 1.54) is 173 Å². The number of benzene rings is 4. The minimum absolute atomic E-state index is 0. The number of nitrogens with zero attached hydrogens (tertiary/aromatic N) is 4. The smallest absolute Gasteiger partial charge is 0.405 e. The summed E-state index contributed by atoms with van der Waals surface area (Å²) >= 11 is 0. The lowest BCUT2D eigenvalue weighted by molar-refractivity contribution is -0.0000130. The molecule has 0 amide bonds. The second-order valence-corrected chi connectivity index (χ2v) is 21.0. The van der Waals surface area contributed by atoms with Crippen LogP contribution < -0.4 is 42.7 Å². The van der Waals surface area contributed by atoms with Gasteiger partial charge in [0.15, 0.2) is 0 Å². The minimum Gasteiger partial charge on any atom is -1.00 e. The molecule has 0 radical (unpaired) electrons. The summed E-state index contributed by atoms with van der Waals surface area (Å²) in [6.07, 6.45) is 25.1. The van der Waals surface area contributed by atoms with Crippen molar-refractivity contribution in [2.24, 2.45) is 0 Å². The standard InChI is InChI=1S/C56H88N4P.HI/c1-9-13-17-21-25-45-57(53-37-29-49(5)30-38-53)61(58(46-26-22-18-14-10-2)54-39-31-50(6)32-40-54,59(47-27-23-19-15-11-3)55-41-33-51(7)34-42-55)60(48-28-24-20-16-12-4)56-43-35-52(8)36-44-56;/h29-44H,9-28,45-48H2,1-8H3;1H/q+1;/p-1.